The van der Waals surface area contributed by atoms with Crippen LogP contribution in [0.2, 0.25) is 0 Å². The average Bonchev–Trinajstić information content (AvgIpc) is 2.22. The van der Waals surface area contributed by atoms with Gasteiger partial charge in [0.05, 0.1) is 12.6 Å². The van der Waals surface area contributed by atoms with Crippen LogP contribution in [0.25, 0.3) is 0 Å². The Hall–Kier alpha value is -0.610. The van der Waals surface area contributed by atoms with E-state index in [1.54, 1.807) is 0 Å². The molecule has 0 fully saturated rings. The molecular weight excluding hydrogens is 192 g/mol. The third-order valence-electron chi connectivity index (χ3n) is 2.54. The molecule has 0 bridgehead atoms. The number of hydrogen-bond acceptors (Lipinski definition) is 3. The number of aliphatic hydroxyl groups excluding tert-OH is 1. The summed E-state index contributed by atoms with van der Waals surface area (Å²) in [6.45, 7) is 10.4. The molecule has 1 unspecified atom stereocenters. The molecular formula is C11H24N2O2. The lowest BCUT2D eigenvalue weighted by Crippen LogP contribution is -2.41. The Morgan fingerprint density at radius 3 is 2.27 bits per heavy atom. The highest BCUT2D eigenvalue weighted by Crippen LogP contribution is 1.98. The minimum Gasteiger partial charge on any atom is -0.391 e. The fourth-order valence-corrected chi connectivity index (χ4v) is 1.16. The largest absolute Gasteiger partial charge is 0.391 e. The van der Waals surface area contributed by atoms with Gasteiger partial charge in [0.2, 0.25) is 5.91 Å². The van der Waals surface area contributed by atoms with Crippen LogP contribution in [-0.2, 0) is 4.79 Å². The number of amides is 1. The van der Waals surface area contributed by atoms with E-state index in [4.69, 9.17) is 0 Å². The van der Waals surface area contributed by atoms with Crippen LogP contribution in [0.4, 0.5) is 0 Å². The highest BCUT2D eigenvalue weighted by Gasteiger charge is 2.11. The number of rotatable bonds is 7. The second-order valence-corrected chi connectivity index (χ2v) is 4.08. The van der Waals surface area contributed by atoms with Crippen molar-refractivity contribution < 1.29 is 9.90 Å². The molecule has 0 aliphatic rings. The smallest absolute Gasteiger partial charge is 0.234 e. The van der Waals surface area contributed by atoms with E-state index in [2.05, 4.69) is 5.32 Å². The maximum absolute atomic E-state index is 11.4. The molecule has 4 nitrogen and oxygen atoms in total. The van der Waals surface area contributed by atoms with E-state index in [0.29, 0.717) is 13.1 Å². The van der Waals surface area contributed by atoms with Gasteiger partial charge in [0.15, 0.2) is 0 Å². The summed E-state index contributed by atoms with van der Waals surface area (Å²) >= 11 is 0. The maximum Gasteiger partial charge on any atom is 0.234 e. The van der Waals surface area contributed by atoms with Crippen LogP contribution in [0.15, 0.2) is 0 Å². The van der Waals surface area contributed by atoms with Crippen molar-refractivity contribution in [1.82, 2.24) is 10.2 Å². The lowest BCUT2D eigenvalue weighted by Gasteiger charge is -2.19. The first kappa shape index (κ1) is 14.4. The summed E-state index contributed by atoms with van der Waals surface area (Å²) in [6.07, 6.45) is -0.453. The molecule has 0 aromatic heterocycles. The van der Waals surface area contributed by atoms with Gasteiger partial charge in [0.25, 0.3) is 0 Å². The first-order valence-electron chi connectivity index (χ1n) is 5.68. The fraction of sp³-hybridized carbons (Fsp3) is 0.909. The van der Waals surface area contributed by atoms with Crippen molar-refractivity contribution in [1.29, 1.82) is 0 Å². The topological polar surface area (TPSA) is 52.6 Å². The number of likely N-dealkylation sites (N-methyl/N-ethyl adjacent to an activating group) is 1. The lowest BCUT2D eigenvalue weighted by molar-refractivity contribution is -0.122. The summed E-state index contributed by atoms with van der Waals surface area (Å²) in [5.41, 5.74) is 0. The van der Waals surface area contributed by atoms with Crippen LogP contribution in [0, 0.1) is 5.92 Å². The van der Waals surface area contributed by atoms with Gasteiger partial charge in [-0.25, -0.2) is 0 Å². The van der Waals surface area contributed by atoms with Crippen molar-refractivity contribution in [2.24, 2.45) is 5.92 Å². The van der Waals surface area contributed by atoms with Crippen LogP contribution >= 0.6 is 0 Å². The Bertz CT molecular complexity index is 179. The van der Waals surface area contributed by atoms with Crippen molar-refractivity contribution >= 4 is 5.91 Å². The lowest BCUT2D eigenvalue weighted by atomic mass is 10.1. The van der Waals surface area contributed by atoms with Crippen LogP contribution < -0.4 is 5.32 Å². The number of nitrogens with one attached hydrogen (secondary N) is 1. The third kappa shape index (κ3) is 6.47. The van der Waals surface area contributed by atoms with E-state index in [9.17, 15) is 9.90 Å². The minimum absolute atomic E-state index is 0.0154. The highest BCUT2D eigenvalue weighted by molar-refractivity contribution is 5.78. The van der Waals surface area contributed by atoms with Crippen molar-refractivity contribution in [2.75, 3.05) is 26.2 Å². The number of hydrogen-bond donors (Lipinski definition) is 2. The van der Waals surface area contributed by atoms with E-state index >= 15 is 0 Å². The molecule has 0 saturated carbocycles. The quantitative estimate of drug-likeness (QED) is 0.650. The Balaban J connectivity index is 3.74. The second kappa shape index (κ2) is 7.65. The summed E-state index contributed by atoms with van der Waals surface area (Å²) in [6, 6.07) is 0. The van der Waals surface area contributed by atoms with E-state index < -0.39 is 6.10 Å². The molecule has 0 saturated heterocycles. The first-order chi connectivity index (χ1) is 7.01. The van der Waals surface area contributed by atoms with Gasteiger partial charge in [0, 0.05) is 6.54 Å². The zero-order chi connectivity index (χ0) is 11.8. The zero-order valence-corrected chi connectivity index (χ0v) is 10.3. The summed E-state index contributed by atoms with van der Waals surface area (Å²) in [7, 11) is 0. The SMILES string of the molecule is CCN(CC)CC(=O)NCC(O)C(C)C. The zero-order valence-electron chi connectivity index (χ0n) is 10.3. The van der Waals surface area contributed by atoms with E-state index in [0.717, 1.165) is 13.1 Å². The molecule has 0 radical (unpaired) electrons. The second-order valence-electron chi connectivity index (χ2n) is 4.08. The van der Waals surface area contributed by atoms with Gasteiger partial charge in [0.1, 0.15) is 0 Å². The Kier molecular flexibility index (Phi) is 7.34. The molecule has 1 amide bonds. The normalized spacial score (nSPS) is 13.3. The summed E-state index contributed by atoms with van der Waals surface area (Å²) < 4.78 is 0. The van der Waals surface area contributed by atoms with Gasteiger partial charge in [-0.3, -0.25) is 9.69 Å². The van der Waals surface area contributed by atoms with Crippen LogP contribution in [0.1, 0.15) is 27.7 Å². The number of nitrogens with zero attached hydrogens (tertiary/aromatic N) is 1. The molecule has 0 rings (SSSR count). The molecule has 2 N–H and O–H groups in total. The van der Waals surface area contributed by atoms with Gasteiger partial charge in [-0.15, -0.1) is 0 Å². The fourth-order valence-electron chi connectivity index (χ4n) is 1.16. The van der Waals surface area contributed by atoms with Gasteiger partial charge in [-0.1, -0.05) is 27.7 Å². The Morgan fingerprint density at radius 1 is 1.33 bits per heavy atom. The molecule has 0 spiro atoms. The molecule has 15 heavy (non-hydrogen) atoms. The Labute approximate surface area is 92.7 Å². The molecule has 4 heteroatoms. The van der Waals surface area contributed by atoms with Crippen molar-refractivity contribution in [2.45, 2.75) is 33.8 Å². The maximum atomic E-state index is 11.4. The summed E-state index contributed by atoms with van der Waals surface area (Å²) in [5, 5.41) is 12.2. The molecule has 0 aliphatic carbocycles. The predicted octanol–water partition coefficient (Wildman–Crippen LogP) is 0.461. The van der Waals surface area contributed by atoms with Crippen molar-refractivity contribution in [3.8, 4) is 0 Å². The molecule has 0 heterocycles. The number of carbonyl (C=O) groups is 1. The van der Waals surface area contributed by atoms with Crippen LogP contribution in [-0.4, -0.2) is 48.2 Å². The summed E-state index contributed by atoms with van der Waals surface area (Å²) in [4.78, 5) is 13.5. The van der Waals surface area contributed by atoms with E-state index in [1.165, 1.54) is 0 Å². The number of aliphatic hydroxyl groups is 1. The van der Waals surface area contributed by atoms with Crippen LogP contribution in [0.3, 0.4) is 0 Å². The van der Waals surface area contributed by atoms with Gasteiger partial charge < -0.3 is 10.4 Å². The Morgan fingerprint density at radius 2 is 1.87 bits per heavy atom. The van der Waals surface area contributed by atoms with E-state index in [-0.39, 0.29) is 11.8 Å². The molecule has 0 aliphatic heterocycles. The molecule has 1 atom stereocenters. The highest BCUT2D eigenvalue weighted by atomic mass is 16.3. The van der Waals surface area contributed by atoms with Crippen molar-refractivity contribution in [3.63, 3.8) is 0 Å². The van der Waals surface area contributed by atoms with Gasteiger partial charge in [-0.05, 0) is 19.0 Å². The first-order valence-corrected chi connectivity index (χ1v) is 5.68. The number of carbonyl (C=O) groups excluding carboxylic acids is 1. The predicted molar refractivity (Wildman–Crippen MR) is 61.6 cm³/mol. The monoisotopic (exact) mass is 216 g/mol. The van der Waals surface area contributed by atoms with Gasteiger partial charge >= 0.3 is 0 Å². The molecule has 0 aromatic rings. The van der Waals surface area contributed by atoms with Crippen LogP contribution in [0.5, 0.6) is 0 Å². The summed E-state index contributed by atoms with van der Waals surface area (Å²) in [5.74, 6) is 0.164. The molecule has 90 valence electrons. The molecule has 0 aromatic carbocycles. The standard InChI is InChI=1S/C11H24N2O2/c1-5-13(6-2)8-11(15)12-7-10(14)9(3)4/h9-10,14H,5-8H2,1-4H3,(H,12,15). The van der Waals surface area contributed by atoms with Crippen molar-refractivity contribution in [3.05, 3.63) is 0 Å². The average molecular weight is 216 g/mol. The van der Waals surface area contributed by atoms with Gasteiger partial charge in [-0.2, -0.15) is 0 Å². The van der Waals surface area contributed by atoms with E-state index in [1.807, 2.05) is 32.6 Å². The minimum atomic E-state index is -0.453. The third-order valence-corrected chi connectivity index (χ3v) is 2.54.